The summed E-state index contributed by atoms with van der Waals surface area (Å²) >= 11 is 0. The number of hydrogen-bond donors (Lipinski definition) is 0. The van der Waals surface area contributed by atoms with Crippen LogP contribution in [0, 0.1) is 71.0 Å². The van der Waals surface area contributed by atoms with Gasteiger partial charge in [-0.25, -0.2) is 0 Å². The van der Waals surface area contributed by atoms with E-state index in [-0.39, 0.29) is 0 Å². The topological polar surface area (TPSA) is 0 Å². The summed E-state index contributed by atoms with van der Waals surface area (Å²) in [5.41, 5.74) is 5.31. The molecule has 0 heteroatoms. The summed E-state index contributed by atoms with van der Waals surface area (Å²) in [6.07, 6.45) is 37.8. The van der Waals surface area contributed by atoms with Crippen LogP contribution in [-0.4, -0.2) is 0 Å². The summed E-state index contributed by atoms with van der Waals surface area (Å²) in [7, 11) is 0. The molecule has 0 aromatic heterocycles. The lowest BCUT2D eigenvalue weighted by molar-refractivity contribution is 0.153. The standard InChI is InChI=1S/C28H42.C27H40/c1-3-5-7-23-9-11-25(12-10-23)13-14-26-17-21-28(22-18-26)27-19-15-24(16-20-27)8-6-4-2;1-3-5-7-23-8-10-24(11-9-23)12-13-25-16-20-27(21-17-25)26-18-14-22(6-4-2)15-19-26/h9-12,24,26-28H,3-8,15-22H2,1-2H3;8-11,22,25-27H,3-7,14-21H2,1-2H3. The van der Waals surface area contributed by atoms with Crippen LogP contribution >= 0.6 is 0 Å². The monoisotopic (exact) mass is 743 g/mol. The van der Waals surface area contributed by atoms with Crippen LogP contribution in [0.2, 0.25) is 0 Å². The van der Waals surface area contributed by atoms with Crippen molar-refractivity contribution in [3.63, 3.8) is 0 Å². The molecular weight excluding hydrogens is 661 g/mol. The van der Waals surface area contributed by atoms with E-state index in [0.29, 0.717) is 11.8 Å². The van der Waals surface area contributed by atoms with Crippen molar-refractivity contribution in [2.75, 3.05) is 0 Å². The fraction of sp³-hybridized carbons (Fsp3) is 0.709. The summed E-state index contributed by atoms with van der Waals surface area (Å²) in [6, 6.07) is 18.0. The van der Waals surface area contributed by atoms with Crippen molar-refractivity contribution < 1.29 is 0 Å². The highest BCUT2D eigenvalue weighted by atomic mass is 14.4. The molecule has 302 valence electrons. The average molecular weight is 743 g/mol. The van der Waals surface area contributed by atoms with Crippen molar-refractivity contribution in [1.82, 2.24) is 0 Å². The second-order valence-corrected chi connectivity index (χ2v) is 18.9. The van der Waals surface area contributed by atoms with Gasteiger partial charge in [0.05, 0.1) is 0 Å². The zero-order valence-electron chi connectivity index (χ0n) is 36.3. The van der Waals surface area contributed by atoms with Crippen LogP contribution < -0.4 is 0 Å². The molecule has 0 atom stereocenters. The molecule has 2 aromatic rings. The summed E-state index contributed by atoms with van der Waals surface area (Å²) in [5, 5.41) is 0. The molecule has 4 aliphatic carbocycles. The van der Waals surface area contributed by atoms with Gasteiger partial charge in [0.1, 0.15) is 0 Å². The van der Waals surface area contributed by atoms with Crippen molar-refractivity contribution in [1.29, 1.82) is 0 Å². The van der Waals surface area contributed by atoms with Crippen LogP contribution in [-0.2, 0) is 12.8 Å². The number of rotatable bonds is 13. The van der Waals surface area contributed by atoms with Crippen LogP contribution in [0.25, 0.3) is 0 Å². The Bertz CT molecular complexity index is 1410. The number of unbranched alkanes of at least 4 members (excludes halogenated alkanes) is 3. The molecule has 55 heavy (non-hydrogen) atoms. The third kappa shape index (κ3) is 15.4. The quantitative estimate of drug-likeness (QED) is 0.179. The molecule has 4 fully saturated rings. The lowest BCUT2D eigenvalue weighted by Crippen LogP contribution is -2.25. The van der Waals surface area contributed by atoms with E-state index in [2.05, 4.69) is 99.9 Å². The first kappa shape index (κ1) is 43.7. The molecule has 0 aliphatic heterocycles. The molecular formula is C55H82. The van der Waals surface area contributed by atoms with Crippen LogP contribution in [0.15, 0.2) is 48.5 Å². The predicted molar refractivity (Wildman–Crippen MR) is 240 cm³/mol. The van der Waals surface area contributed by atoms with Gasteiger partial charge in [0.25, 0.3) is 0 Å². The molecule has 0 saturated heterocycles. The Kier molecular flexibility index (Phi) is 19.9. The van der Waals surface area contributed by atoms with E-state index >= 15 is 0 Å². The molecule has 0 nitrogen and oxygen atoms in total. The molecule has 4 saturated carbocycles. The van der Waals surface area contributed by atoms with E-state index in [1.54, 1.807) is 0 Å². The van der Waals surface area contributed by atoms with E-state index in [1.807, 2.05) is 0 Å². The fourth-order valence-electron chi connectivity index (χ4n) is 10.9. The summed E-state index contributed by atoms with van der Waals surface area (Å²) in [4.78, 5) is 0. The summed E-state index contributed by atoms with van der Waals surface area (Å²) in [5.74, 6) is 21.6. The van der Waals surface area contributed by atoms with E-state index in [0.717, 1.165) is 35.5 Å². The lowest BCUT2D eigenvalue weighted by atomic mass is 9.69. The summed E-state index contributed by atoms with van der Waals surface area (Å²) < 4.78 is 0. The number of hydrogen-bond acceptors (Lipinski definition) is 0. The van der Waals surface area contributed by atoms with Gasteiger partial charge >= 0.3 is 0 Å². The minimum Gasteiger partial charge on any atom is -0.0945 e. The van der Waals surface area contributed by atoms with Gasteiger partial charge in [-0.15, -0.1) is 0 Å². The Morgan fingerprint density at radius 2 is 0.727 bits per heavy atom. The smallest absolute Gasteiger partial charge is 0.0245 e. The van der Waals surface area contributed by atoms with Crippen molar-refractivity contribution in [3.8, 4) is 23.7 Å². The number of benzene rings is 2. The van der Waals surface area contributed by atoms with Crippen molar-refractivity contribution in [3.05, 3.63) is 70.8 Å². The number of aryl methyl sites for hydroxylation is 2. The zero-order valence-corrected chi connectivity index (χ0v) is 36.3. The molecule has 0 spiro atoms. The second-order valence-electron chi connectivity index (χ2n) is 18.9. The van der Waals surface area contributed by atoms with Gasteiger partial charge in [0.15, 0.2) is 0 Å². The predicted octanol–water partition coefficient (Wildman–Crippen LogP) is 16.0. The minimum atomic E-state index is 0.636. The maximum atomic E-state index is 3.60. The molecule has 0 bridgehead atoms. The van der Waals surface area contributed by atoms with Gasteiger partial charge < -0.3 is 0 Å². The van der Waals surface area contributed by atoms with Crippen LogP contribution in [0.4, 0.5) is 0 Å². The lowest BCUT2D eigenvalue weighted by Gasteiger charge is -2.37. The normalized spacial score (nSPS) is 28.1. The molecule has 4 aliphatic rings. The average Bonchev–Trinajstić information content (AvgIpc) is 3.24. The van der Waals surface area contributed by atoms with E-state index in [1.165, 1.54) is 196 Å². The second kappa shape index (κ2) is 25.0. The third-order valence-corrected chi connectivity index (χ3v) is 14.7. The highest BCUT2D eigenvalue weighted by molar-refractivity contribution is 5.37. The van der Waals surface area contributed by atoms with E-state index in [4.69, 9.17) is 0 Å². The molecule has 6 rings (SSSR count). The highest BCUT2D eigenvalue weighted by Gasteiger charge is 2.31. The molecule has 2 aromatic carbocycles. The van der Waals surface area contributed by atoms with Gasteiger partial charge in [0, 0.05) is 23.0 Å². The first-order chi connectivity index (χ1) is 27.1. The van der Waals surface area contributed by atoms with Gasteiger partial charge in [-0.2, -0.15) is 0 Å². The molecule has 0 heterocycles. The third-order valence-electron chi connectivity index (χ3n) is 14.7. The molecule has 0 unspecified atom stereocenters. The first-order valence-corrected chi connectivity index (χ1v) is 24.3. The maximum Gasteiger partial charge on any atom is 0.0245 e. The zero-order chi connectivity index (χ0) is 38.5. The Morgan fingerprint density at radius 3 is 1.07 bits per heavy atom. The van der Waals surface area contributed by atoms with Crippen LogP contribution in [0.5, 0.6) is 0 Å². The highest BCUT2D eigenvalue weighted by Crippen LogP contribution is 2.43. The van der Waals surface area contributed by atoms with Crippen molar-refractivity contribution in [2.45, 2.75) is 201 Å². The Balaban J connectivity index is 0.000000211. The Morgan fingerprint density at radius 1 is 0.382 bits per heavy atom. The Labute approximate surface area is 341 Å². The van der Waals surface area contributed by atoms with Gasteiger partial charge in [-0.3, -0.25) is 0 Å². The molecule has 0 radical (unpaired) electrons. The van der Waals surface area contributed by atoms with E-state index < -0.39 is 0 Å². The largest absolute Gasteiger partial charge is 0.0945 e. The van der Waals surface area contributed by atoms with Crippen LogP contribution in [0.3, 0.4) is 0 Å². The first-order valence-electron chi connectivity index (χ1n) is 24.3. The summed E-state index contributed by atoms with van der Waals surface area (Å²) in [6.45, 7) is 9.18. The van der Waals surface area contributed by atoms with E-state index in [9.17, 15) is 0 Å². The fourth-order valence-corrected chi connectivity index (χ4v) is 10.9. The minimum absolute atomic E-state index is 0.636. The van der Waals surface area contributed by atoms with Crippen LogP contribution in [0.1, 0.15) is 210 Å². The van der Waals surface area contributed by atoms with Gasteiger partial charge in [-0.1, -0.05) is 146 Å². The molecule has 0 N–H and O–H groups in total. The SMILES string of the molecule is CCCCc1ccc(C#CC2CCC(C3CCC(CCC)CC3)CC2)cc1.CCCCc1ccc(C#CC2CCC(C3CCC(CCCC)CC3)CC2)cc1. The van der Waals surface area contributed by atoms with Crippen molar-refractivity contribution >= 4 is 0 Å². The Hall–Kier alpha value is -2.44. The molecule has 0 amide bonds. The van der Waals surface area contributed by atoms with Gasteiger partial charge in [0.2, 0.25) is 0 Å². The van der Waals surface area contributed by atoms with Gasteiger partial charge in [-0.05, 0) is 174 Å². The maximum absolute atomic E-state index is 3.60. The van der Waals surface area contributed by atoms with Crippen molar-refractivity contribution in [2.24, 2.45) is 47.3 Å².